The molecule has 0 N–H and O–H groups in total. The second-order valence-electron chi connectivity index (χ2n) is 6.07. The van der Waals surface area contributed by atoms with E-state index in [1.807, 2.05) is 0 Å². The van der Waals surface area contributed by atoms with Crippen molar-refractivity contribution in [3.63, 3.8) is 0 Å². The zero-order chi connectivity index (χ0) is 14.0. The Labute approximate surface area is 123 Å². The number of rotatable bonds is 4. The molecule has 1 aliphatic rings. The zero-order valence-electron chi connectivity index (χ0n) is 12.1. The number of benzene rings is 1. The number of esters is 1. The molecule has 19 heavy (non-hydrogen) atoms. The first-order valence-corrected chi connectivity index (χ1v) is 12.2. The monoisotopic (exact) mass is 342 g/mol. The Kier molecular flexibility index (Phi) is 4.54. The Bertz CT molecular complexity index is 450. The van der Waals surface area contributed by atoms with Crippen LogP contribution in [0.2, 0.25) is 24.5 Å². The van der Waals surface area contributed by atoms with Crippen LogP contribution in [-0.4, -0.2) is 35.1 Å². The molecule has 2 nitrogen and oxygen atoms in total. The second kappa shape index (κ2) is 5.82. The van der Waals surface area contributed by atoms with E-state index < -0.39 is 8.07 Å². The second-order valence-corrected chi connectivity index (χ2v) is 13.9. The van der Waals surface area contributed by atoms with Gasteiger partial charge in [-0.25, -0.2) is 0 Å². The van der Waals surface area contributed by atoms with E-state index in [2.05, 4.69) is 50.8 Å². The topological polar surface area (TPSA) is 26.3 Å². The van der Waals surface area contributed by atoms with Crippen LogP contribution < -0.4 is 9.65 Å². The molecule has 1 aliphatic heterocycles. The van der Waals surface area contributed by atoms with Gasteiger partial charge in [0, 0.05) is 0 Å². The molecular formula is C15H22O2SeSi. The van der Waals surface area contributed by atoms with Crippen molar-refractivity contribution in [2.75, 3.05) is 0 Å². The van der Waals surface area contributed by atoms with Gasteiger partial charge in [-0.1, -0.05) is 0 Å². The van der Waals surface area contributed by atoms with Crippen molar-refractivity contribution in [3.8, 4) is 0 Å². The average molecular weight is 341 g/mol. The van der Waals surface area contributed by atoms with Gasteiger partial charge in [-0.15, -0.1) is 0 Å². The van der Waals surface area contributed by atoms with Crippen LogP contribution in [0.15, 0.2) is 24.3 Å². The summed E-state index contributed by atoms with van der Waals surface area (Å²) in [7, 11) is -1.20. The third-order valence-corrected chi connectivity index (χ3v) is 8.30. The molecule has 1 saturated heterocycles. The molecule has 1 aromatic rings. The molecular weight excluding hydrogens is 319 g/mol. The Morgan fingerprint density at radius 3 is 2.42 bits per heavy atom. The van der Waals surface area contributed by atoms with Crippen LogP contribution in [0.1, 0.15) is 19.8 Å². The predicted molar refractivity (Wildman–Crippen MR) is 83.3 cm³/mol. The molecule has 0 unspecified atom stereocenters. The van der Waals surface area contributed by atoms with E-state index in [-0.39, 0.29) is 12.1 Å². The van der Waals surface area contributed by atoms with Crippen LogP contribution in [0, 0.1) is 0 Å². The van der Waals surface area contributed by atoms with Gasteiger partial charge in [-0.05, 0) is 0 Å². The number of cyclic esters (lactones) is 1. The number of hydrogen-bond donors (Lipinski definition) is 0. The minimum atomic E-state index is -1.20. The van der Waals surface area contributed by atoms with Crippen molar-refractivity contribution < 1.29 is 9.53 Å². The summed E-state index contributed by atoms with van der Waals surface area (Å²) in [6, 6.07) is 9.07. The molecule has 4 heteroatoms. The van der Waals surface area contributed by atoms with Crippen LogP contribution in [0.25, 0.3) is 0 Å². The van der Waals surface area contributed by atoms with Crippen LogP contribution in [0.4, 0.5) is 0 Å². The van der Waals surface area contributed by atoms with Gasteiger partial charge >= 0.3 is 123 Å². The summed E-state index contributed by atoms with van der Waals surface area (Å²) in [6.45, 7) is 9.19. The fourth-order valence-corrected chi connectivity index (χ4v) is 6.08. The average Bonchev–Trinajstić information content (AvgIpc) is 2.69. The maximum absolute atomic E-state index is 11.4. The van der Waals surface area contributed by atoms with Gasteiger partial charge in [0.1, 0.15) is 0 Å². The van der Waals surface area contributed by atoms with Crippen molar-refractivity contribution in [2.24, 2.45) is 0 Å². The number of carbonyl (C=O) groups excluding carboxylic acids is 1. The van der Waals surface area contributed by atoms with E-state index in [4.69, 9.17) is 4.74 Å². The Morgan fingerprint density at radius 1 is 1.26 bits per heavy atom. The van der Waals surface area contributed by atoms with Gasteiger partial charge in [0.15, 0.2) is 0 Å². The molecule has 2 rings (SSSR count). The van der Waals surface area contributed by atoms with Crippen LogP contribution >= 0.6 is 0 Å². The zero-order valence-corrected chi connectivity index (χ0v) is 14.8. The van der Waals surface area contributed by atoms with Crippen LogP contribution in [0.5, 0.6) is 0 Å². The molecule has 0 aliphatic carbocycles. The van der Waals surface area contributed by atoms with Gasteiger partial charge in [-0.3, -0.25) is 0 Å². The van der Waals surface area contributed by atoms with Gasteiger partial charge in [-0.2, -0.15) is 0 Å². The molecule has 0 aromatic heterocycles. The fourth-order valence-electron chi connectivity index (χ4n) is 2.26. The standard InChI is InChI=1S/C15H22O2SeSi/c1-5-13-14(10-15(16)17-13)18-11-6-8-12(9-7-11)19(2,3)4/h6-9,13-14H,5,10H2,1-4H3/t13-,14+/m0/s1. The minimum absolute atomic E-state index is 0.0163. The van der Waals surface area contributed by atoms with Crippen LogP contribution in [-0.2, 0) is 9.53 Å². The van der Waals surface area contributed by atoms with Crippen molar-refractivity contribution in [1.82, 2.24) is 0 Å². The predicted octanol–water partition coefficient (Wildman–Crippen LogP) is 2.08. The van der Waals surface area contributed by atoms with Crippen molar-refractivity contribution in [3.05, 3.63) is 24.3 Å². The molecule has 1 fully saturated rings. The molecule has 0 bridgehead atoms. The van der Waals surface area contributed by atoms with Gasteiger partial charge in [0.2, 0.25) is 0 Å². The quantitative estimate of drug-likeness (QED) is 0.619. The summed E-state index contributed by atoms with van der Waals surface area (Å²) < 4.78 is 6.74. The van der Waals surface area contributed by atoms with E-state index >= 15 is 0 Å². The Morgan fingerprint density at radius 2 is 1.89 bits per heavy atom. The molecule has 1 heterocycles. The van der Waals surface area contributed by atoms with Gasteiger partial charge in [0.05, 0.1) is 0 Å². The van der Waals surface area contributed by atoms with E-state index in [0.29, 0.717) is 26.2 Å². The van der Waals surface area contributed by atoms with Gasteiger partial charge < -0.3 is 0 Å². The van der Waals surface area contributed by atoms with Crippen LogP contribution in [0.3, 0.4) is 0 Å². The Balaban J connectivity index is 2.05. The molecule has 0 amide bonds. The Hall–Kier alpha value is -0.574. The normalized spacial score (nSPS) is 23.5. The van der Waals surface area contributed by atoms with Crippen molar-refractivity contribution >= 4 is 38.6 Å². The number of ether oxygens (including phenoxy) is 1. The summed E-state index contributed by atoms with van der Waals surface area (Å²) >= 11 is 0.338. The van der Waals surface area contributed by atoms with E-state index in [1.165, 1.54) is 9.65 Å². The molecule has 0 saturated carbocycles. The molecule has 1 aromatic carbocycles. The maximum atomic E-state index is 11.4. The first-order chi connectivity index (χ1) is 8.90. The first kappa shape index (κ1) is 14.8. The fraction of sp³-hybridized carbons (Fsp3) is 0.533. The molecule has 2 atom stereocenters. The SMILES string of the molecule is CC[C@@H]1OC(=O)C[C@H]1[Se]c1ccc([Si](C)(C)C)cc1. The molecule has 104 valence electrons. The van der Waals surface area contributed by atoms with Crippen molar-refractivity contribution in [2.45, 2.75) is 50.3 Å². The third kappa shape index (κ3) is 3.71. The third-order valence-electron chi connectivity index (χ3n) is 3.48. The number of carbonyl (C=O) groups is 1. The van der Waals surface area contributed by atoms with E-state index in [0.717, 1.165) is 6.42 Å². The summed E-state index contributed by atoms with van der Waals surface area (Å²) in [5, 5.41) is 1.50. The number of hydrogen-bond acceptors (Lipinski definition) is 2. The van der Waals surface area contributed by atoms with Gasteiger partial charge in [0.25, 0.3) is 0 Å². The van der Waals surface area contributed by atoms with E-state index in [1.54, 1.807) is 0 Å². The summed E-state index contributed by atoms with van der Waals surface area (Å²) in [6.07, 6.45) is 1.68. The summed E-state index contributed by atoms with van der Waals surface area (Å²) in [5.74, 6) is -0.0163. The van der Waals surface area contributed by atoms with Crippen molar-refractivity contribution in [1.29, 1.82) is 0 Å². The molecule has 0 spiro atoms. The van der Waals surface area contributed by atoms with E-state index in [9.17, 15) is 4.79 Å². The molecule has 0 radical (unpaired) electrons. The first-order valence-electron chi connectivity index (χ1n) is 6.87. The summed E-state index contributed by atoms with van der Waals surface area (Å²) in [5.41, 5.74) is 0. The summed E-state index contributed by atoms with van der Waals surface area (Å²) in [4.78, 5) is 11.8.